The van der Waals surface area contributed by atoms with E-state index in [-0.39, 0.29) is 16.9 Å². The normalized spacial score (nSPS) is 37.9. The van der Waals surface area contributed by atoms with Crippen molar-refractivity contribution in [2.24, 2.45) is 22.6 Å². The number of nitrogens with two attached hydrogens (primary N) is 1. The third-order valence-electron chi connectivity index (χ3n) is 4.88. The lowest BCUT2D eigenvalue weighted by atomic mass is 9.68. The number of fused-ring (bicyclic) bond motifs is 2. The van der Waals surface area contributed by atoms with Crippen LogP contribution in [0.25, 0.3) is 0 Å². The molecule has 96 valence electrons. The second-order valence-electron chi connectivity index (χ2n) is 6.30. The van der Waals surface area contributed by atoms with Crippen molar-refractivity contribution in [3.05, 3.63) is 0 Å². The standard InChI is InChI=1S/C12H21N3O2/c1-11(2)7-4-5-12(3,6-7)10(11)14-8(16)9(17)15-13/h7,10H,4-6,13H2,1-3H3,(H,14,16)(H,15,17). The minimum absolute atomic E-state index is 0.0531. The smallest absolute Gasteiger partial charge is 0.323 e. The molecule has 0 aromatic rings. The first kappa shape index (κ1) is 12.4. The van der Waals surface area contributed by atoms with Gasteiger partial charge in [0.25, 0.3) is 0 Å². The summed E-state index contributed by atoms with van der Waals surface area (Å²) in [7, 11) is 0. The van der Waals surface area contributed by atoms with E-state index in [1.807, 2.05) is 5.43 Å². The number of hydrogen-bond donors (Lipinski definition) is 3. The second kappa shape index (κ2) is 3.70. The molecule has 2 saturated carbocycles. The Hall–Kier alpha value is -1.10. The van der Waals surface area contributed by atoms with Crippen LogP contribution in [-0.4, -0.2) is 17.9 Å². The lowest BCUT2D eigenvalue weighted by Crippen LogP contribution is -2.56. The highest BCUT2D eigenvalue weighted by Gasteiger charge is 2.59. The van der Waals surface area contributed by atoms with Gasteiger partial charge in [0.15, 0.2) is 0 Å². The van der Waals surface area contributed by atoms with Crippen LogP contribution in [0.5, 0.6) is 0 Å². The number of carbonyl (C=O) groups is 2. The highest BCUT2D eigenvalue weighted by Crippen LogP contribution is 2.62. The number of hydrogen-bond acceptors (Lipinski definition) is 3. The summed E-state index contributed by atoms with van der Waals surface area (Å²) in [6.07, 6.45) is 3.48. The molecule has 2 aliphatic rings. The number of nitrogens with one attached hydrogen (secondary N) is 2. The van der Waals surface area contributed by atoms with Gasteiger partial charge in [-0.25, -0.2) is 5.84 Å². The fourth-order valence-electron chi connectivity index (χ4n) is 3.92. The molecular formula is C12H21N3O2. The summed E-state index contributed by atoms with van der Waals surface area (Å²) >= 11 is 0. The van der Waals surface area contributed by atoms with Gasteiger partial charge >= 0.3 is 11.8 Å². The topological polar surface area (TPSA) is 84.2 Å². The van der Waals surface area contributed by atoms with Crippen molar-refractivity contribution >= 4 is 11.8 Å². The minimum Gasteiger partial charge on any atom is -0.344 e. The largest absolute Gasteiger partial charge is 0.344 e. The van der Waals surface area contributed by atoms with Crippen LogP contribution < -0.4 is 16.6 Å². The Morgan fingerprint density at radius 2 is 1.88 bits per heavy atom. The maximum Gasteiger partial charge on any atom is 0.323 e. The quantitative estimate of drug-likeness (QED) is 0.266. The molecule has 2 aliphatic carbocycles. The maximum atomic E-state index is 11.6. The third-order valence-corrected chi connectivity index (χ3v) is 4.88. The van der Waals surface area contributed by atoms with Crippen LogP contribution in [-0.2, 0) is 9.59 Å². The fraction of sp³-hybridized carbons (Fsp3) is 0.833. The van der Waals surface area contributed by atoms with Gasteiger partial charge in [-0.05, 0) is 36.0 Å². The van der Waals surface area contributed by atoms with Crippen molar-refractivity contribution in [3.8, 4) is 0 Å². The summed E-state index contributed by atoms with van der Waals surface area (Å²) in [6.45, 7) is 6.55. The molecule has 4 N–H and O–H groups in total. The van der Waals surface area contributed by atoms with Gasteiger partial charge in [-0.3, -0.25) is 15.0 Å². The first-order valence-corrected chi connectivity index (χ1v) is 6.13. The van der Waals surface area contributed by atoms with Gasteiger partial charge in [0.2, 0.25) is 0 Å². The summed E-state index contributed by atoms with van der Waals surface area (Å²) in [5.74, 6) is 4.20. The van der Waals surface area contributed by atoms with Crippen LogP contribution in [0.1, 0.15) is 40.0 Å². The van der Waals surface area contributed by atoms with E-state index in [1.165, 1.54) is 6.42 Å². The van der Waals surface area contributed by atoms with Crippen LogP contribution in [0.2, 0.25) is 0 Å². The van der Waals surface area contributed by atoms with Crippen molar-refractivity contribution in [1.82, 2.24) is 10.7 Å². The summed E-state index contributed by atoms with van der Waals surface area (Å²) in [4.78, 5) is 22.8. The molecule has 3 unspecified atom stereocenters. The molecule has 0 aliphatic heterocycles. The zero-order valence-electron chi connectivity index (χ0n) is 10.7. The molecule has 0 radical (unpaired) electrons. The van der Waals surface area contributed by atoms with Crippen LogP contribution in [0.4, 0.5) is 0 Å². The van der Waals surface area contributed by atoms with Gasteiger partial charge < -0.3 is 5.32 Å². The van der Waals surface area contributed by atoms with Crippen molar-refractivity contribution in [2.45, 2.75) is 46.1 Å². The lowest BCUT2D eigenvalue weighted by molar-refractivity contribution is -0.140. The molecule has 2 amide bonds. The Kier molecular flexibility index (Phi) is 2.69. The SMILES string of the molecule is CC12CCC(C1)C(C)(C)C2NC(=O)C(=O)NN. The highest BCUT2D eigenvalue weighted by molar-refractivity contribution is 6.35. The van der Waals surface area contributed by atoms with Gasteiger partial charge in [0, 0.05) is 6.04 Å². The molecule has 0 saturated heterocycles. The zero-order chi connectivity index (χ0) is 12.8. The first-order chi connectivity index (χ1) is 7.81. The van der Waals surface area contributed by atoms with E-state index in [1.54, 1.807) is 0 Å². The van der Waals surface area contributed by atoms with Crippen molar-refractivity contribution in [1.29, 1.82) is 0 Å². The number of hydrazine groups is 1. The molecule has 0 spiro atoms. The second-order valence-corrected chi connectivity index (χ2v) is 6.30. The van der Waals surface area contributed by atoms with E-state index >= 15 is 0 Å². The van der Waals surface area contributed by atoms with E-state index in [4.69, 9.17) is 5.84 Å². The third kappa shape index (κ3) is 1.73. The predicted molar refractivity (Wildman–Crippen MR) is 63.5 cm³/mol. The number of rotatable bonds is 1. The van der Waals surface area contributed by atoms with Crippen LogP contribution >= 0.6 is 0 Å². The predicted octanol–water partition coefficient (Wildman–Crippen LogP) is 0.307. The van der Waals surface area contributed by atoms with E-state index in [2.05, 4.69) is 26.1 Å². The maximum absolute atomic E-state index is 11.6. The first-order valence-electron chi connectivity index (χ1n) is 6.13. The summed E-state index contributed by atoms with van der Waals surface area (Å²) < 4.78 is 0. The molecular weight excluding hydrogens is 218 g/mol. The van der Waals surface area contributed by atoms with Gasteiger partial charge in [-0.15, -0.1) is 0 Å². The van der Waals surface area contributed by atoms with Gasteiger partial charge in [0.1, 0.15) is 0 Å². The average Bonchev–Trinajstić information content (AvgIpc) is 2.74. The van der Waals surface area contributed by atoms with E-state index in [9.17, 15) is 9.59 Å². The molecule has 5 heteroatoms. The average molecular weight is 239 g/mol. The monoisotopic (exact) mass is 239 g/mol. The fourth-order valence-corrected chi connectivity index (χ4v) is 3.92. The summed E-state index contributed by atoms with van der Waals surface area (Å²) in [5.41, 5.74) is 2.05. The molecule has 2 bridgehead atoms. The van der Waals surface area contributed by atoms with Crippen molar-refractivity contribution in [3.63, 3.8) is 0 Å². The number of amides is 2. The molecule has 2 rings (SSSR count). The van der Waals surface area contributed by atoms with Crippen molar-refractivity contribution in [2.75, 3.05) is 0 Å². The Morgan fingerprint density at radius 1 is 1.24 bits per heavy atom. The Balaban J connectivity index is 2.15. The van der Waals surface area contributed by atoms with Gasteiger partial charge in [-0.2, -0.15) is 0 Å². The van der Waals surface area contributed by atoms with Gasteiger partial charge in [0.05, 0.1) is 0 Å². The van der Waals surface area contributed by atoms with Gasteiger partial charge in [-0.1, -0.05) is 20.8 Å². The summed E-state index contributed by atoms with van der Waals surface area (Å²) in [6, 6.07) is 0.0542. The molecule has 3 atom stereocenters. The van der Waals surface area contributed by atoms with Crippen molar-refractivity contribution < 1.29 is 9.59 Å². The zero-order valence-corrected chi connectivity index (χ0v) is 10.7. The van der Waals surface area contributed by atoms with E-state index in [0.29, 0.717) is 5.92 Å². The Morgan fingerprint density at radius 3 is 2.35 bits per heavy atom. The Labute approximate surface area is 101 Å². The molecule has 5 nitrogen and oxygen atoms in total. The molecule has 2 fully saturated rings. The van der Waals surface area contributed by atoms with Crippen LogP contribution in [0.3, 0.4) is 0 Å². The number of carbonyl (C=O) groups excluding carboxylic acids is 2. The molecule has 0 aromatic heterocycles. The molecule has 0 heterocycles. The van der Waals surface area contributed by atoms with Crippen LogP contribution in [0.15, 0.2) is 0 Å². The van der Waals surface area contributed by atoms with E-state index < -0.39 is 11.8 Å². The summed E-state index contributed by atoms with van der Waals surface area (Å²) in [5, 5.41) is 2.86. The van der Waals surface area contributed by atoms with Crippen LogP contribution in [0, 0.1) is 16.7 Å². The van der Waals surface area contributed by atoms with E-state index in [0.717, 1.165) is 12.8 Å². The lowest BCUT2D eigenvalue weighted by Gasteiger charge is -2.42. The minimum atomic E-state index is -0.771. The molecule has 17 heavy (non-hydrogen) atoms. The molecule has 0 aromatic carbocycles. The highest BCUT2D eigenvalue weighted by atomic mass is 16.2. The Bertz CT molecular complexity index is 362.